The van der Waals surface area contributed by atoms with E-state index in [2.05, 4.69) is 5.32 Å². The number of halogens is 1. The van der Waals surface area contributed by atoms with Crippen LogP contribution in [-0.2, 0) is 15.0 Å². The minimum Gasteiger partial charge on any atom is -0.480 e. The van der Waals surface area contributed by atoms with Crippen molar-refractivity contribution in [3.63, 3.8) is 0 Å². The van der Waals surface area contributed by atoms with Gasteiger partial charge in [0.25, 0.3) is 0 Å². The molecule has 1 amide bonds. The summed E-state index contributed by atoms with van der Waals surface area (Å²) in [5.41, 5.74) is -0.200. The Bertz CT molecular complexity index is 606. The van der Waals surface area contributed by atoms with Gasteiger partial charge < -0.3 is 10.4 Å². The Kier molecular flexibility index (Phi) is 5.53. The highest BCUT2D eigenvalue weighted by molar-refractivity contribution is 5.91. The van der Waals surface area contributed by atoms with Crippen molar-refractivity contribution < 1.29 is 19.1 Å². The average Bonchev–Trinajstić information content (AvgIpc) is 3.02. The lowest BCUT2D eigenvalue weighted by Gasteiger charge is -2.29. The lowest BCUT2D eigenvalue weighted by Crippen LogP contribution is -2.49. The maximum absolute atomic E-state index is 13.6. The molecule has 2 rings (SSSR count). The molecular weight excluding hydrogens is 297 g/mol. The Morgan fingerprint density at radius 1 is 1.39 bits per heavy atom. The van der Waals surface area contributed by atoms with Crippen LogP contribution in [0.5, 0.6) is 0 Å². The topological polar surface area (TPSA) is 66.4 Å². The molecule has 4 nitrogen and oxygen atoms in total. The maximum atomic E-state index is 13.6. The lowest BCUT2D eigenvalue weighted by atomic mass is 9.77. The zero-order valence-electron chi connectivity index (χ0n) is 13.2. The number of carbonyl (C=O) groups is 2. The first-order chi connectivity index (χ1) is 11.0. The van der Waals surface area contributed by atoms with Crippen LogP contribution in [0.25, 0.3) is 0 Å². The number of benzene rings is 1. The van der Waals surface area contributed by atoms with Crippen molar-refractivity contribution in [2.75, 3.05) is 0 Å². The number of carboxylic acids is 1. The van der Waals surface area contributed by atoms with Crippen LogP contribution in [0, 0.1) is 5.82 Å². The van der Waals surface area contributed by atoms with E-state index in [1.807, 2.05) is 0 Å². The van der Waals surface area contributed by atoms with Crippen molar-refractivity contribution in [2.45, 2.75) is 50.5 Å². The minimum atomic E-state index is -1.07. The molecule has 0 bridgehead atoms. The molecular formula is C18H22FNO3. The summed E-state index contributed by atoms with van der Waals surface area (Å²) in [6.07, 6.45) is 6.66. The largest absolute Gasteiger partial charge is 0.480 e. The van der Waals surface area contributed by atoms with Crippen molar-refractivity contribution in [1.82, 2.24) is 5.32 Å². The molecule has 1 fully saturated rings. The maximum Gasteiger partial charge on any atom is 0.326 e. The number of hydrogen-bond donors (Lipinski definition) is 2. The van der Waals surface area contributed by atoms with Crippen molar-refractivity contribution in [2.24, 2.45) is 0 Å². The predicted molar refractivity (Wildman–Crippen MR) is 85.5 cm³/mol. The summed E-state index contributed by atoms with van der Waals surface area (Å²) in [5, 5.41) is 11.9. The van der Waals surface area contributed by atoms with Gasteiger partial charge in [0.15, 0.2) is 0 Å². The fraction of sp³-hybridized carbons (Fsp3) is 0.444. The second kappa shape index (κ2) is 7.40. The number of aliphatic carboxylic acids is 1. The highest BCUT2D eigenvalue weighted by atomic mass is 19.1. The summed E-state index contributed by atoms with van der Waals surface area (Å²) in [4.78, 5) is 24.2. The Morgan fingerprint density at radius 2 is 2.09 bits per heavy atom. The van der Waals surface area contributed by atoms with Gasteiger partial charge in [0.1, 0.15) is 11.9 Å². The summed E-state index contributed by atoms with van der Waals surface area (Å²) in [6.45, 7) is 1.80. The quantitative estimate of drug-likeness (QED) is 0.792. The normalized spacial score (nSPS) is 18.0. The monoisotopic (exact) mass is 319 g/mol. The first-order valence-electron chi connectivity index (χ1n) is 7.90. The third-order valence-corrected chi connectivity index (χ3v) is 4.48. The van der Waals surface area contributed by atoms with E-state index in [0.29, 0.717) is 18.4 Å². The highest BCUT2D eigenvalue weighted by Gasteiger charge is 2.43. The number of allylic oxidation sites excluding steroid dienone is 1. The molecule has 1 aromatic carbocycles. The van der Waals surface area contributed by atoms with Gasteiger partial charge in [-0.25, -0.2) is 9.18 Å². The molecule has 1 aliphatic carbocycles. The van der Waals surface area contributed by atoms with Crippen LogP contribution < -0.4 is 5.32 Å². The molecule has 1 atom stereocenters. The molecule has 2 N–H and O–H groups in total. The Balaban J connectivity index is 2.26. The van der Waals surface area contributed by atoms with Crippen molar-refractivity contribution in [3.05, 3.63) is 47.8 Å². The average molecular weight is 319 g/mol. The number of carboxylic acid groups (broad SMARTS) is 1. The summed E-state index contributed by atoms with van der Waals surface area (Å²) >= 11 is 0. The van der Waals surface area contributed by atoms with Gasteiger partial charge in [-0.05, 0) is 43.9 Å². The Labute approximate surface area is 135 Å². The molecule has 0 heterocycles. The second-order valence-corrected chi connectivity index (χ2v) is 5.97. The SMILES string of the molecule is C/C=C/CC(NC(=O)C1(c2cccc(F)c2)CCCC1)C(=O)O. The molecule has 0 aromatic heterocycles. The van der Waals surface area contributed by atoms with Crippen LogP contribution in [-0.4, -0.2) is 23.0 Å². The van der Waals surface area contributed by atoms with Crippen molar-refractivity contribution in [3.8, 4) is 0 Å². The first-order valence-corrected chi connectivity index (χ1v) is 7.90. The highest BCUT2D eigenvalue weighted by Crippen LogP contribution is 2.41. The number of hydrogen-bond acceptors (Lipinski definition) is 2. The standard InChI is InChI=1S/C18H22FNO3/c1-2-3-9-15(16(21)22)20-17(23)18(10-4-5-11-18)13-7-6-8-14(19)12-13/h2-3,6-8,12,15H,4-5,9-11H2,1H3,(H,20,23)(H,21,22)/b3-2+. The van der Waals surface area contributed by atoms with Crippen LogP contribution in [0.1, 0.15) is 44.6 Å². The van der Waals surface area contributed by atoms with Crippen LogP contribution in [0.2, 0.25) is 0 Å². The Hall–Kier alpha value is -2.17. The lowest BCUT2D eigenvalue weighted by molar-refractivity contribution is -0.142. The van der Waals surface area contributed by atoms with Gasteiger partial charge in [-0.3, -0.25) is 4.79 Å². The van der Waals surface area contributed by atoms with Gasteiger partial charge in [0, 0.05) is 0 Å². The van der Waals surface area contributed by atoms with E-state index in [1.165, 1.54) is 12.1 Å². The van der Waals surface area contributed by atoms with E-state index < -0.39 is 17.4 Å². The second-order valence-electron chi connectivity index (χ2n) is 5.97. The predicted octanol–water partition coefficient (Wildman–Crippen LogP) is 3.17. The summed E-state index contributed by atoms with van der Waals surface area (Å²) < 4.78 is 13.6. The van der Waals surface area contributed by atoms with Gasteiger partial charge in [-0.15, -0.1) is 0 Å². The van der Waals surface area contributed by atoms with E-state index in [1.54, 1.807) is 31.2 Å². The first kappa shape index (κ1) is 17.2. The van der Waals surface area contributed by atoms with Crippen molar-refractivity contribution in [1.29, 1.82) is 0 Å². The summed E-state index contributed by atoms with van der Waals surface area (Å²) in [5.74, 6) is -1.77. The number of carbonyl (C=O) groups excluding carboxylic acids is 1. The van der Waals surface area contributed by atoms with E-state index in [9.17, 15) is 19.1 Å². The fourth-order valence-corrected chi connectivity index (χ4v) is 3.20. The zero-order chi connectivity index (χ0) is 16.9. The molecule has 1 aliphatic rings. The van der Waals surface area contributed by atoms with E-state index in [0.717, 1.165) is 12.8 Å². The molecule has 5 heteroatoms. The molecule has 0 spiro atoms. The van der Waals surface area contributed by atoms with Crippen LogP contribution in [0.4, 0.5) is 4.39 Å². The van der Waals surface area contributed by atoms with Gasteiger partial charge >= 0.3 is 5.97 Å². The fourth-order valence-electron chi connectivity index (χ4n) is 3.20. The van der Waals surface area contributed by atoms with E-state index >= 15 is 0 Å². The van der Waals surface area contributed by atoms with Crippen LogP contribution in [0.15, 0.2) is 36.4 Å². The summed E-state index contributed by atoms with van der Waals surface area (Å²) in [7, 11) is 0. The third kappa shape index (κ3) is 3.78. The van der Waals surface area contributed by atoms with Crippen LogP contribution in [0.3, 0.4) is 0 Å². The third-order valence-electron chi connectivity index (χ3n) is 4.48. The smallest absolute Gasteiger partial charge is 0.326 e. The molecule has 1 unspecified atom stereocenters. The zero-order valence-corrected chi connectivity index (χ0v) is 13.2. The van der Waals surface area contributed by atoms with Gasteiger partial charge in [0.2, 0.25) is 5.91 Å². The van der Waals surface area contributed by atoms with E-state index in [4.69, 9.17) is 0 Å². The van der Waals surface area contributed by atoms with Gasteiger partial charge in [0.05, 0.1) is 5.41 Å². The Morgan fingerprint density at radius 3 is 2.65 bits per heavy atom. The molecule has 1 aromatic rings. The van der Waals surface area contributed by atoms with Crippen LogP contribution >= 0.6 is 0 Å². The minimum absolute atomic E-state index is 0.233. The summed E-state index contributed by atoms with van der Waals surface area (Å²) in [6, 6.07) is 5.09. The van der Waals surface area contributed by atoms with Crippen molar-refractivity contribution >= 4 is 11.9 Å². The molecule has 0 radical (unpaired) electrons. The van der Waals surface area contributed by atoms with Gasteiger partial charge in [-0.1, -0.05) is 37.1 Å². The molecule has 124 valence electrons. The molecule has 1 saturated carbocycles. The van der Waals surface area contributed by atoms with Gasteiger partial charge in [-0.2, -0.15) is 0 Å². The molecule has 0 aliphatic heterocycles. The molecule has 23 heavy (non-hydrogen) atoms. The number of amides is 1. The molecule has 0 saturated heterocycles. The number of nitrogens with one attached hydrogen (secondary N) is 1. The number of rotatable bonds is 6. The van der Waals surface area contributed by atoms with E-state index in [-0.39, 0.29) is 18.1 Å².